The van der Waals surface area contributed by atoms with Crippen molar-refractivity contribution < 1.29 is 4.58 Å². The van der Waals surface area contributed by atoms with Crippen molar-refractivity contribution >= 4 is 22.4 Å². The van der Waals surface area contributed by atoms with Gasteiger partial charge in [0.2, 0.25) is 0 Å². The van der Waals surface area contributed by atoms with Crippen LogP contribution in [0.2, 0.25) is 0 Å². The van der Waals surface area contributed by atoms with Crippen LogP contribution in [0.15, 0.2) is 36.7 Å². The van der Waals surface area contributed by atoms with Gasteiger partial charge in [0.1, 0.15) is 18.7 Å². The summed E-state index contributed by atoms with van der Waals surface area (Å²) in [6, 6.07) is 8.45. The lowest BCUT2D eigenvalue weighted by Gasteiger charge is -2.12. The fourth-order valence-electron chi connectivity index (χ4n) is 3.25. The Labute approximate surface area is 123 Å². The average Bonchev–Trinajstić information content (AvgIpc) is 3.04. The topological polar surface area (TPSA) is 23.6 Å². The first-order valence-electron chi connectivity index (χ1n) is 7.32. The van der Waals surface area contributed by atoms with Crippen LogP contribution in [0.4, 0.5) is 0 Å². The molecule has 4 heteroatoms. The summed E-state index contributed by atoms with van der Waals surface area (Å²) in [5.41, 5.74) is 4.63. The smallest absolute Gasteiger partial charge is 0.281 e. The summed E-state index contributed by atoms with van der Waals surface area (Å²) in [7, 11) is 4.32. The minimum absolute atomic E-state index is 0.998. The van der Waals surface area contributed by atoms with Gasteiger partial charge in [-0.25, -0.2) is 4.98 Å². The minimum atomic E-state index is 0.998. The fraction of sp³-hybridized carbons (Fsp3) is 0.294. The highest BCUT2D eigenvalue weighted by Crippen LogP contribution is 2.24. The maximum absolute atomic E-state index is 4.90. The lowest BCUT2D eigenvalue weighted by Crippen LogP contribution is -2.27. The van der Waals surface area contributed by atoms with Crippen molar-refractivity contribution in [3.8, 4) is 0 Å². The monoisotopic (exact) mass is 279 g/mol. The van der Waals surface area contributed by atoms with Crippen LogP contribution in [-0.4, -0.2) is 51.9 Å². The van der Waals surface area contributed by atoms with Crippen LogP contribution in [-0.2, 0) is 0 Å². The van der Waals surface area contributed by atoms with Gasteiger partial charge in [0.05, 0.1) is 25.2 Å². The molecule has 0 spiro atoms. The molecule has 1 aliphatic rings. The molecule has 0 aliphatic carbocycles. The van der Waals surface area contributed by atoms with Gasteiger partial charge in [-0.3, -0.25) is 9.48 Å². The lowest BCUT2D eigenvalue weighted by atomic mass is 10.0. The number of benzene rings is 1. The molecule has 3 aromatic rings. The zero-order valence-electron chi connectivity index (χ0n) is 12.7. The van der Waals surface area contributed by atoms with Crippen LogP contribution in [0.25, 0.3) is 16.6 Å². The highest BCUT2D eigenvalue weighted by Gasteiger charge is 2.29. The Morgan fingerprint density at radius 1 is 1.24 bits per heavy atom. The third-order valence-corrected chi connectivity index (χ3v) is 4.40. The molecule has 1 aliphatic heterocycles. The van der Waals surface area contributed by atoms with Crippen LogP contribution < -0.4 is 0 Å². The summed E-state index contributed by atoms with van der Waals surface area (Å²) in [5.74, 6) is 1.28. The molecule has 0 unspecified atom stereocenters. The number of nitrogens with zero attached hydrogens (tertiary/aromatic N) is 4. The van der Waals surface area contributed by atoms with Crippen molar-refractivity contribution in [3.63, 3.8) is 0 Å². The molecule has 0 atom stereocenters. The van der Waals surface area contributed by atoms with Gasteiger partial charge in [0, 0.05) is 17.8 Å². The summed E-state index contributed by atoms with van der Waals surface area (Å²) in [4.78, 5) is 7.23. The molecule has 3 heterocycles. The van der Waals surface area contributed by atoms with E-state index in [1.165, 1.54) is 22.3 Å². The second kappa shape index (κ2) is 4.32. The predicted molar refractivity (Wildman–Crippen MR) is 85.2 cm³/mol. The van der Waals surface area contributed by atoms with Crippen LogP contribution >= 0.6 is 0 Å². The van der Waals surface area contributed by atoms with Crippen LogP contribution in [0.3, 0.4) is 0 Å². The van der Waals surface area contributed by atoms with Gasteiger partial charge in [-0.2, -0.15) is 0 Å². The van der Waals surface area contributed by atoms with E-state index >= 15 is 0 Å². The van der Waals surface area contributed by atoms with Crippen molar-refractivity contribution in [2.24, 2.45) is 0 Å². The summed E-state index contributed by atoms with van der Waals surface area (Å²) < 4.78 is 4.40. The normalized spacial score (nSPS) is 15.7. The van der Waals surface area contributed by atoms with E-state index in [9.17, 15) is 0 Å². The number of likely N-dealkylation sites (N-methyl/N-ethyl adjacent to an activating group) is 2. The number of aryl methyl sites for hydroxylation is 1. The second-order valence-corrected chi connectivity index (χ2v) is 5.88. The molecule has 0 amide bonds. The standard InChI is InChI=1S/C17H19N4/c1-12-6-7-13-11-21-8-4-5-14(21)18-16(13)15(12)17-19(2)9-10-20(17)3/h4-8,11H,9-10H2,1-3H3/q+1. The van der Waals surface area contributed by atoms with E-state index in [1.54, 1.807) is 0 Å². The fourth-order valence-corrected chi connectivity index (χ4v) is 3.25. The van der Waals surface area contributed by atoms with Gasteiger partial charge in [0.25, 0.3) is 5.84 Å². The molecule has 0 N–H and O–H groups in total. The molecule has 2 aromatic heterocycles. The number of hydrogen-bond donors (Lipinski definition) is 0. The largest absolute Gasteiger partial charge is 0.308 e. The summed E-state index contributed by atoms with van der Waals surface area (Å²) in [6.07, 6.45) is 4.21. The first kappa shape index (κ1) is 12.4. The van der Waals surface area contributed by atoms with Crippen molar-refractivity contribution in [2.45, 2.75) is 6.92 Å². The Balaban J connectivity index is 2.11. The molecule has 1 aromatic carbocycles. The van der Waals surface area contributed by atoms with Gasteiger partial charge in [-0.05, 0) is 24.6 Å². The Bertz CT molecular complexity index is 888. The first-order valence-corrected chi connectivity index (χ1v) is 7.32. The van der Waals surface area contributed by atoms with Crippen LogP contribution in [0.5, 0.6) is 0 Å². The van der Waals surface area contributed by atoms with Gasteiger partial charge < -0.3 is 4.40 Å². The number of rotatable bonds is 1. The van der Waals surface area contributed by atoms with E-state index in [2.05, 4.69) is 59.3 Å². The number of amidine groups is 1. The van der Waals surface area contributed by atoms with Crippen molar-refractivity contribution in [2.75, 3.05) is 27.2 Å². The summed E-state index contributed by atoms with van der Waals surface area (Å²) in [5, 5.41) is 1.18. The molecule has 106 valence electrons. The zero-order chi connectivity index (χ0) is 14.6. The van der Waals surface area contributed by atoms with Gasteiger partial charge in [-0.15, -0.1) is 0 Å². The summed E-state index contributed by atoms with van der Waals surface area (Å²) in [6.45, 7) is 4.30. The number of aromatic nitrogens is 2. The van der Waals surface area contributed by atoms with Crippen LogP contribution in [0, 0.1) is 6.92 Å². The molecule has 21 heavy (non-hydrogen) atoms. The highest BCUT2D eigenvalue weighted by molar-refractivity contribution is 6.07. The second-order valence-electron chi connectivity index (χ2n) is 5.88. The third-order valence-electron chi connectivity index (χ3n) is 4.40. The quantitative estimate of drug-likeness (QED) is 0.637. The van der Waals surface area contributed by atoms with E-state index in [0.29, 0.717) is 0 Å². The first-order chi connectivity index (χ1) is 10.1. The molecule has 0 bridgehead atoms. The van der Waals surface area contributed by atoms with E-state index in [-0.39, 0.29) is 0 Å². The Morgan fingerprint density at radius 3 is 2.86 bits per heavy atom. The highest BCUT2D eigenvalue weighted by atomic mass is 15.3. The number of hydrogen-bond acceptors (Lipinski definition) is 2. The molecule has 4 rings (SSSR count). The molecule has 0 saturated carbocycles. The zero-order valence-corrected chi connectivity index (χ0v) is 12.7. The molecule has 0 radical (unpaired) electrons. The van der Waals surface area contributed by atoms with Gasteiger partial charge in [0.15, 0.2) is 0 Å². The average molecular weight is 279 g/mol. The molecule has 0 saturated heterocycles. The Hall–Kier alpha value is -2.36. The van der Waals surface area contributed by atoms with Gasteiger partial charge in [-0.1, -0.05) is 12.1 Å². The lowest BCUT2D eigenvalue weighted by molar-refractivity contribution is -0.486. The van der Waals surface area contributed by atoms with E-state index < -0.39 is 0 Å². The van der Waals surface area contributed by atoms with Gasteiger partial charge >= 0.3 is 0 Å². The minimum Gasteiger partial charge on any atom is -0.308 e. The van der Waals surface area contributed by atoms with Crippen molar-refractivity contribution in [1.82, 2.24) is 14.3 Å². The van der Waals surface area contributed by atoms with E-state index in [4.69, 9.17) is 4.98 Å². The summed E-state index contributed by atoms with van der Waals surface area (Å²) >= 11 is 0. The molecular weight excluding hydrogens is 260 g/mol. The maximum atomic E-state index is 4.90. The van der Waals surface area contributed by atoms with E-state index in [1.807, 2.05) is 12.3 Å². The SMILES string of the molecule is Cc1ccc2cn3cccc3nc2c1C1=[N+](C)CCN1C. The Morgan fingerprint density at radius 2 is 2.10 bits per heavy atom. The molecule has 0 fully saturated rings. The van der Waals surface area contributed by atoms with E-state index in [0.717, 1.165) is 24.3 Å². The third kappa shape index (κ3) is 1.75. The van der Waals surface area contributed by atoms with Crippen molar-refractivity contribution in [3.05, 3.63) is 47.8 Å². The molecule has 4 nitrogen and oxygen atoms in total. The van der Waals surface area contributed by atoms with Crippen molar-refractivity contribution in [1.29, 1.82) is 0 Å². The Kier molecular flexibility index (Phi) is 2.55. The molecular formula is C17H19N4+. The number of fused-ring (bicyclic) bond motifs is 2. The van der Waals surface area contributed by atoms with Crippen LogP contribution in [0.1, 0.15) is 11.1 Å². The maximum Gasteiger partial charge on any atom is 0.281 e. The predicted octanol–water partition coefficient (Wildman–Crippen LogP) is 2.13.